The van der Waals surface area contributed by atoms with E-state index in [0.717, 1.165) is 44.0 Å². The molecule has 3 aromatic rings. The fourth-order valence-corrected chi connectivity index (χ4v) is 5.10. The van der Waals surface area contributed by atoms with Gasteiger partial charge in [-0.05, 0) is 25.0 Å². The third-order valence-electron chi connectivity index (χ3n) is 5.82. The molecule has 31 heavy (non-hydrogen) atoms. The predicted molar refractivity (Wildman–Crippen MR) is 123 cm³/mol. The van der Waals surface area contributed by atoms with E-state index in [1.165, 1.54) is 22.2 Å². The van der Waals surface area contributed by atoms with Gasteiger partial charge in [-0.15, -0.1) is 11.3 Å². The Labute approximate surface area is 185 Å². The zero-order valence-corrected chi connectivity index (χ0v) is 19.0. The lowest BCUT2D eigenvalue weighted by Gasteiger charge is -2.35. The molecular weight excluding hydrogens is 412 g/mol. The first kappa shape index (κ1) is 21.7. The average molecular weight is 441 g/mol. The number of amides is 1. The number of rotatable bonds is 6. The highest BCUT2D eigenvalue weighted by atomic mass is 32.1. The minimum absolute atomic E-state index is 0.00575. The molecule has 0 bridgehead atoms. The van der Waals surface area contributed by atoms with Crippen molar-refractivity contribution in [1.82, 2.24) is 19.4 Å². The van der Waals surface area contributed by atoms with Crippen LogP contribution in [0.5, 0.6) is 0 Å². The van der Waals surface area contributed by atoms with E-state index < -0.39 is 0 Å². The number of aryl methyl sites for hydroxylation is 2. The highest BCUT2D eigenvalue weighted by Crippen LogP contribution is 2.29. The van der Waals surface area contributed by atoms with E-state index in [-0.39, 0.29) is 17.5 Å². The molecule has 1 fully saturated rings. The van der Waals surface area contributed by atoms with Gasteiger partial charge < -0.3 is 14.2 Å². The van der Waals surface area contributed by atoms with Gasteiger partial charge in [0.25, 0.3) is 11.5 Å². The summed E-state index contributed by atoms with van der Waals surface area (Å²) < 4.78 is 6.92. The highest BCUT2D eigenvalue weighted by molar-refractivity contribution is 7.20. The average Bonchev–Trinajstić information content (AvgIpc) is 3.12. The first-order valence-corrected chi connectivity index (χ1v) is 11.4. The summed E-state index contributed by atoms with van der Waals surface area (Å²) in [6, 6.07) is 10.0. The van der Waals surface area contributed by atoms with Crippen molar-refractivity contribution in [2.75, 3.05) is 32.8 Å². The van der Waals surface area contributed by atoms with E-state index in [1.807, 2.05) is 42.2 Å². The Hall–Kier alpha value is -2.55. The summed E-state index contributed by atoms with van der Waals surface area (Å²) in [5.41, 5.74) is 1.68. The van der Waals surface area contributed by atoms with Gasteiger partial charge in [-0.1, -0.05) is 30.3 Å². The number of carbonyl (C=O) groups is 1. The minimum Gasteiger partial charge on any atom is -0.379 e. The summed E-state index contributed by atoms with van der Waals surface area (Å²) in [7, 11) is 1.68. The third-order valence-corrected chi connectivity index (χ3v) is 7.01. The maximum atomic E-state index is 13.8. The van der Waals surface area contributed by atoms with E-state index in [2.05, 4.69) is 16.8 Å². The lowest BCUT2D eigenvalue weighted by Crippen LogP contribution is -2.47. The lowest BCUT2D eigenvalue weighted by molar-refractivity contribution is 0.0229. The van der Waals surface area contributed by atoms with Crippen molar-refractivity contribution >= 4 is 27.5 Å². The van der Waals surface area contributed by atoms with Gasteiger partial charge >= 0.3 is 0 Å². The van der Waals surface area contributed by atoms with Crippen LogP contribution in [0.3, 0.4) is 0 Å². The number of fused-ring (bicyclic) bond motifs is 1. The van der Waals surface area contributed by atoms with E-state index >= 15 is 0 Å². The van der Waals surface area contributed by atoms with Crippen molar-refractivity contribution < 1.29 is 9.53 Å². The number of morpholine rings is 1. The van der Waals surface area contributed by atoms with Crippen LogP contribution >= 0.6 is 11.3 Å². The maximum Gasteiger partial charge on any atom is 0.264 e. The van der Waals surface area contributed by atoms with Crippen LogP contribution in [0.1, 0.15) is 27.7 Å². The topological polar surface area (TPSA) is 67.7 Å². The molecule has 1 unspecified atom stereocenters. The number of carbonyl (C=O) groups excluding carboxylic acids is 1. The number of benzene rings is 1. The summed E-state index contributed by atoms with van der Waals surface area (Å²) in [5.74, 6) is -0.0489. The van der Waals surface area contributed by atoms with Gasteiger partial charge in [0.2, 0.25) is 0 Å². The number of ether oxygens (including phenoxy) is 1. The van der Waals surface area contributed by atoms with Crippen LogP contribution in [0.25, 0.3) is 10.2 Å². The van der Waals surface area contributed by atoms with Gasteiger partial charge in [0.15, 0.2) is 0 Å². The zero-order chi connectivity index (χ0) is 22.0. The van der Waals surface area contributed by atoms with Crippen LogP contribution < -0.4 is 5.56 Å². The van der Waals surface area contributed by atoms with Gasteiger partial charge in [0.05, 0.1) is 29.8 Å². The largest absolute Gasteiger partial charge is 0.379 e. The molecule has 0 radical (unpaired) electrons. The number of thiophene rings is 1. The molecule has 0 N–H and O–H groups in total. The zero-order valence-electron chi connectivity index (χ0n) is 18.2. The Morgan fingerprint density at radius 3 is 2.68 bits per heavy atom. The molecule has 1 atom stereocenters. The molecule has 0 aliphatic carbocycles. The standard InChI is InChI=1S/C23H28N4O3S/c1-16(13-26-9-11-30-12-10-26)27(14-18-7-5-4-6-8-18)23(29)20-17(2)19-21(31-20)24-15-25(3)22(19)28/h4-8,15-16H,9-14H2,1-3H3. The molecule has 3 heterocycles. The molecule has 1 aliphatic rings. The molecule has 1 aliphatic heterocycles. The molecule has 0 saturated carbocycles. The Bertz CT molecular complexity index is 1120. The summed E-state index contributed by atoms with van der Waals surface area (Å²) in [6.07, 6.45) is 1.51. The molecule has 1 amide bonds. The van der Waals surface area contributed by atoms with E-state index in [0.29, 0.717) is 21.6 Å². The van der Waals surface area contributed by atoms with Crippen LogP contribution in [-0.4, -0.2) is 64.1 Å². The highest BCUT2D eigenvalue weighted by Gasteiger charge is 2.28. The summed E-state index contributed by atoms with van der Waals surface area (Å²) >= 11 is 1.31. The van der Waals surface area contributed by atoms with Crippen LogP contribution in [0.15, 0.2) is 41.5 Å². The Balaban J connectivity index is 1.67. The van der Waals surface area contributed by atoms with Crippen LogP contribution in [0.4, 0.5) is 0 Å². The molecule has 164 valence electrons. The van der Waals surface area contributed by atoms with E-state index in [4.69, 9.17) is 4.74 Å². The molecule has 4 rings (SSSR count). The molecule has 1 saturated heterocycles. The smallest absolute Gasteiger partial charge is 0.264 e. The first-order chi connectivity index (χ1) is 15.0. The SMILES string of the molecule is Cc1c(C(=O)N(Cc2ccccc2)C(C)CN2CCOCC2)sc2ncn(C)c(=O)c12. The van der Waals surface area contributed by atoms with Crippen molar-refractivity contribution in [3.8, 4) is 0 Å². The van der Waals surface area contributed by atoms with Crippen LogP contribution in [-0.2, 0) is 18.3 Å². The van der Waals surface area contributed by atoms with Gasteiger partial charge in [-0.3, -0.25) is 14.5 Å². The lowest BCUT2D eigenvalue weighted by atomic mass is 10.1. The Morgan fingerprint density at radius 2 is 1.97 bits per heavy atom. The fourth-order valence-electron chi connectivity index (χ4n) is 4.01. The summed E-state index contributed by atoms with van der Waals surface area (Å²) in [5, 5.41) is 0.541. The Kier molecular flexibility index (Phi) is 6.50. The monoisotopic (exact) mass is 440 g/mol. The first-order valence-electron chi connectivity index (χ1n) is 10.6. The van der Waals surface area contributed by atoms with Crippen molar-refractivity contribution in [3.05, 3.63) is 63.0 Å². The normalized spacial score (nSPS) is 15.8. The van der Waals surface area contributed by atoms with Gasteiger partial charge in [-0.2, -0.15) is 0 Å². The van der Waals surface area contributed by atoms with Gasteiger partial charge in [0, 0.05) is 39.3 Å². The number of nitrogens with zero attached hydrogens (tertiary/aromatic N) is 4. The molecule has 7 nitrogen and oxygen atoms in total. The van der Waals surface area contributed by atoms with Crippen molar-refractivity contribution in [2.24, 2.45) is 7.05 Å². The predicted octanol–water partition coefficient (Wildman–Crippen LogP) is 2.67. The van der Waals surface area contributed by atoms with Crippen LogP contribution in [0, 0.1) is 6.92 Å². The number of hydrogen-bond donors (Lipinski definition) is 0. The molecule has 2 aromatic heterocycles. The van der Waals surface area contributed by atoms with Crippen molar-refractivity contribution in [2.45, 2.75) is 26.4 Å². The fraction of sp³-hybridized carbons (Fsp3) is 0.435. The quantitative estimate of drug-likeness (QED) is 0.590. The van der Waals surface area contributed by atoms with Crippen molar-refractivity contribution in [1.29, 1.82) is 0 Å². The van der Waals surface area contributed by atoms with Gasteiger partial charge in [-0.25, -0.2) is 4.98 Å². The second kappa shape index (κ2) is 9.30. The number of hydrogen-bond acceptors (Lipinski definition) is 6. The third kappa shape index (κ3) is 4.56. The maximum absolute atomic E-state index is 13.8. The van der Waals surface area contributed by atoms with Gasteiger partial charge in [0.1, 0.15) is 4.83 Å². The molecule has 0 spiro atoms. The van der Waals surface area contributed by atoms with Crippen molar-refractivity contribution in [3.63, 3.8) is 0 Å². The number of aromatic nitrogens is 2. The van der Waals surface area contributed by atoms with E-state index in [1.54, 1.807) is 7.05 Å². The second-order valence-electron chi connectivity index (χ2n) is 8.08. The minimum atomic E-state index is -0.117. The Morgan fingerprint density at radius 1 is 1.26 bits per heavy atom. The summed E-state index contributed by atoms with van der Waals surface area (Å²) in [4.78, 5) is 36.3. The summed E-state index contributed by atoms with van der Waals surface area (Å²) in [6.45, 7) is 8.45. The van der Waals surface area contributed by atoms with E-state index in [9.17, 15) is 9.59 Å². The molecule has 1 aromatic carbocycles. The van der Waals surface area contributed by atoms with Crippen LogP contribution in [0.2, 0.25) is 0 Å². The molecule has 8 heteroatoms. The second-order valence-corrected chi connectivity index (χ2v) is 9.08. The molecular formula is C23H28N4O3S.